The Balaban J connectivity index is 2.54. The fourth-order valence-corrected chi connectivity index (χ4v) is 2.91. The van der Waals surface area contributed by atoms with Gasteiger partial charge in [-0.05, 0) is 29.5 Å². The summed E-state index contributed by atoms with van der Waals surface area (Å²) in [5, 5.41) is 1.90. The molecular formula is C14H20Br2. The summed E-state index contributed by atoms with van der Waals surface area (Å²) < 4.78 is 0. The molecular weight excluding hydrogens is 328 g/mol. The predicted octanol–water partition coefficient (Wildman–Crippen LogP) is 5.60. The third kappa shape index (κ3) is 4.58. The lowest BCUT2D eigenvalue weighted by molar-refractivity contribution is 0.666. The van der Waals surface area contributed by atoms with Gasteiger partial charge in [0.05, 0.1) is 0 Å². The first kappa shape index (κ1) is 14.2. The van der Waals surface area contributed by atoms with E-state index in [1.54, 1.807) is 0 Å². The highest BCUT2D eigenvalue weighted by Gasteiger charge is 2.02. The van der Waals surface area contributed by atoms with Gasteiger partial charge in [-0.1, -0.05) is 76.2 Å². The smallest absolute Gasteiger partial charge is 0.0286 e. The van der Waals surface area contributed by atoms with Crippen molar-refractivity contribution in [1.82, 2.24) is 0 Å². The van der Waals surface area contributed by atoms with Crippen LogP contribution in [0.3, 0.4) is 0 Å². The van der Waals surface area contributed by atoms with Crippen molar-refractivity contribution in [2.75, 3.05) is 0 Å². The number of aryl methyl sites for hydroxylation is 1. The van der Waals surface area contributed by atoms with Crippen LogP contribution in [-0.4, -0.2) is 0 Å². The second-order valence-electron chi connectivity index (χ2n) is 4.18. The van der Waals surface area contributed by atoms with Gasteiger partial charge in [0.2, 0.25) is 0 Å². The molecule has 16 heavy (non-hydrogen) atoms. The molecule has 0 spiro atoms. The van der Waals surface area contributed by atoms with E-state index in [1.807, 2.05) is 0 Å². The number of unbranched alkanes of at least 4 members (excludes halogenated alkanes) is 3. The molecule has 0 fully saturated rings. The van der Waals surface area contributed by atoms with E-state index >= 15 is 0 Å². The van der Waals surface area contributed by atoms with Gasteiger partial charge in [0.1, 0.15) is 0 Å². The van der Waals surface area contributed by atoms with E-state index in [2.05, 4.69) is 57.0 Å². The van der Waals surface area contributed by atoms with Gasteiger partial charge < -0.3 is 0 Å². The summed E-state index contributed by atoms with van der Waals surface area (Å²) in [5.41, 5.74) is 4.30. The molecule has 0 heterocycles. The van der Waals surface area contributed by atoms with Crippen LogP contribution in [-0.2, 0) is 17.1 Å². The van der Waals surface area contributed by atoms with Crippen molar-refractivity contribution in [2.24, 2.45) is 0 Å². The normalized spacial score (nSPS) is 10.7. The minimum atomic E-state index is 0.948. The van der Waals surface area contributed by atoms with Crippen molar-refractivity contribution in [3.63, 3.8) is 0 Å². The SMILES string of the molecule is CCCCCCc1ccc(CBr)c(CBr)c1. The first-order valence-corrected chi connectivity index (χ1v) is 8.28. The van der Waals surface area contributed by atoms with E-state index in [9.17, 15) is 0 Å². The Morgan fingerprint density at radius 1 is 0.938 bits per heavy atom. The summed E-state index contributed by atoms with van der Waals surface area (Å²) >= 11 is 7.08. The Morgan fingerprint density at radius 3 is 2.31 bits per heavy atom. The first-order chi connectivity index (χ1) is 7.81. The molecule has 1 aromatic rings. The minimum absolute atomic E-state index is 0.948. The number of benzene rings is 1. The maximum absolute atomic E-state index is 3.56. The molecule has 0 amide bonds. The minimum Gasteiger partial charge on any atom is -0.0876 e. The molecule has 0 saturated carbocycles. The molecule has 2 heteroatoms. The largest absolute Gasteiger partial charge is 0.0876 e. The van der Waals surface area contributed by atoms with Crippen molar-refractivity contribution in [1.29, 1.82) is 0 Å². The van der Waals surface area contributed by atoms with Gasteiger partial charge in [0.25, 0.3) is 0 Å². The average Bonchev–Trinajstić information content (AvgIpc) is 2.34. The van der Waals surface area contributed by atoms with Gasteiger partial charge in [0.15, 0.2) is 0 Å². The van der Waals surface area contributed by atoms with Crippen LogP contribution in [0, 0.1) is 0 Å². The summed E-state index contributed by atoms with van der Waals surface area (Å²) in [4.78, 5) is 0. The third-order valence-corrected chi connectivity index (χ3v) is 4.09. The summed E-state index contributed by atoms with van der Waals surface area (Å²) in [6, 6.07) is 6.87. The van der Waals surface area contributed by atoms with Crippen molar-refractivity contribution in [3.8, 4) is 0 Å². The predicted molar refractivity (Wildman–Crippen MR) is 79.6 cm³/mol. The fourth-order valence-electron chi connectivity index (χ4n) is 1.85. The van der Waals surface area contributed by atoms with Crippen LogP contribution < -0.4 is 0 Å². The van der Waals surface area contributed by atoms with Crippen LogP contribution in [0.5, 0.6) is 0 Å². The Morgan fingerprint density at radius 2 is 1.69 bits per heavy atom. The molecule has 0 aliphatic rings. The number of hydrogen-bond acceptors (Lipinski definition) is 0. The molecule has 0 radical (unpaired) electrons. The molecule has 0 atom stereocenters. The number of rotatable bonds is 7. The monoisotopic (exact) mass is 346 g/mol. The Bertz CT molecular complexity index is 308. The maximum Gasteiger partial charge on any atom is 0.0286 e. The van der Waals surface area contributed by atoms with E-state index in [0.717, 1.165) is 10.7 Å². The number of alkyl halides is 2. The summed E-state index contributed by atoms with van der Waals surface area (Å²) in [7, 11) is 0. The highest BCUT2D eigenvalue weighted by atomic mass is 79.9. The zero-order valence-corrected chi connectivity index (χ0v) is 13.1. The second kappa shape index (κ2) is 8.30. The first-order valence-electron chi connectivity index (χ1n) is 6.04. The lowest BCUT2D eigenvalue weighted by Crippen LogP contribution is -1.92. The van der Waals surface area contributed by atoms with Gasteiger partial charge >= 0.3 is 0 Å². The van der Waals surface area contributed by atoms with E-state index in [-0.39, 0.29) is 0 Å². The highest BCUT2D eigenvalue weighted by Crippen LogP contribution is 2.19. The molecule has 0 aliphatic carbocycles. The van der Waals surface area contributed by atoms with Crippen molar-refractivity contribution in [2.45, 2.75) is 49.7 Å². The van der Waals surface area contributed by atoms with Crippen LogP contribution in [0.2, 0.25) is 0 Å². The van der Waals surface area contributed by atoms with Crippen molar-refractivity contribution in [3.05, 3.63) is 34.9 Å². The molecule has 0 N–H and O–H groups in total. The number of hydrogen-bond donors (Lipinski definition) is 0. The third-order valence-electron chi connectivity index (χ3n) is 2.88. The Labute approximate surface area is 116 Å². The molecule has 0 aromatic heterocycles. The van der Waals surface area contributed by atoms with Gasteiger partial charge in [0, 0.05) is 10.7 Å². The van der Waals surface area contributed by atoms with E-state index in [1.165, 1.54) is 48.8 Å². The van der Waals surface area contributed by atoms with Crippen LogP contribution >= 0.6 is 31.9 Å². The Kier molecular flexibility index (Phi) is 7.39. The number of halogens is 2. The van der Waals surface area contributed by atoms with Crippen molar-refractivity contribution >= 4 is 31.9 Å². The van der Waals surface area contributed by atoms with Gasteiger partial charge in [-0.15, -0.1) is 0 Å². The maximum atomic E-state index is 3.56. The van der Waals surface area contributed by atoms with Crippen LogP contribution in [0.1, 0.15) is 49.3 Å². The molecule has 1 aromatic carbocycles. The van der Waals surface area contributed by atoms with Crippen molar-refractivity contribution < 1.29 is 0 Å². The topological polar surface area (TPSA) is 0 Å². The van der Waals surface area contributed by atoms with Gasteiger partial charge in [-0.2, -0.15) is 0 Å². The van der Waals surface area contributed by atoms with Crippen LogP contribution in [0.4, 0.5) is 0 Å². The summed E-state index contributed by atoms with van der Waals surface area (Å²) in [6.07, 6.45) is 6.59. The lowest BCUT2D eigenvalue weighted by atomic mass is 10.0. The standard InChI is InChI=1S/C14H20Br2/c1-2-3-4-5-6-12-7-8-13(10-15)14(9-12)11-16/h7-9H,2-6,10-11H2,1H3. The quantitative estimate of drug-likeness (QED) is 0.445. The zero-order chi connectivity index (χ0) is 11.8. The molecule has 0 bridgehead atoms. The lowest BCUT2D eigenvalue weighted by Gasteiger charge is -2.07. The van der Waals surface area contributed by atoms with E-state index in [4.69, 9.17) is 0 Å². The highest BCUT2D eigenvalue weighted by molar-refractivity contribution is 9.09. The zero-order valence-electron chi connectivity index (χ0n) is 9.94. The second-order valence-corrected chi connectivity index (χ2v) is 5.30. The van der Waals surface area contributed by atoms with Crippen LogP contribution in [0.15, 0.2) is 18.2 Å². The molecule has 0 aliphatic heterocycles. The Hall–Kier alpha value is 0.180. The summed E-state index contributed by atoms with van der Waals surface area (Å²) in [6.45, 7) is 2.26. The van der Waals surface area contributed by atoms with Crippen LogP contribution in [0.25, 0.3) is 0 Å². The van der Waals surface area contributed by atoms with Gasteiger partial charge in [-0.25, -0.2) is 0 Å². The molecule has 1 rings (SSSR count). The summed E-state index contributed by atoms with van der Waals surface area (Å²) in [5.74, 6) is 0. The average molecular weight is 348 g/mol. The fraction of sp³-hybridized carbons (Fsp3) is 0.571. The molecule has 0 unspecified atom stereocenters. The molecule has 0 saturated heterocycles. The molecule has 0 nitrogen and oxygen atoms in total. The van der Waals surface area contributed by atoms with E-state index in [0.29, 0.717) is 0 Å². The van der Waals surface area contributed by atoms with E-state index < -0.39 is 0 Å². The molecule has 90 valence electrons. The van der Waals surface area contributed by atoms with Gasteiger partial charge in [-0.3, -0.25) is 0 Å².